The molecule has 3 aromatic rings. The normalized spacial score (nSPS) is 10.4. The minimum Gasteiger partial charge on any atom is -0.343 e. The van der Waals surface area contributed by atoms with Crippen LogP contribution in [0.1, 0.15) is 10.4 Å². The third-order valence-corrected chi connectivity index (χ3v) is 3.26. The van der Waals surface area contributed by atoms with E-state index in [1.165, 1.54) is 12.3 Å². The second kappa shape index (κ2) is 6.82. The van der Waals surface area contributed by atoms with Crippen molar-refractivity contribution in [3.8, 4) is 0 Å². The van der Waals surface area contributed by atoms with Gasteiger partial charge in [-0.3, -0.25) is 14.6 Å². The first kappa shape index (κ1) is 15.5. The molecule has 120 valence electrons. The van der Waals surface area contributed by atoms with Gasteiger partial charge in [0, 0.05) is 17.8 Å². The highest BCUT2D eigenvalue weighted by molar-refractivity contribution is 6.07. The van der Waals surface area contributed by atoms with Crippen LogP contribution in [0, 0.1) is 5.82 Å². The van der Waals surface area contributed by atoms with Gasteiger partial charge in [-0.25, -0.2) is 9.37 Å². The van der Waals surface area contributed by atoms with Crippen molar-refractivity contribution in [2.45, 2.75) is 0 Å². The molecule has 0 aliphatic heterocycles. The number of pyridine rings is 2. The van der Waals surface area contributed by atoms with Crippen LogP contribution >= 0.6 is 0 Å². The first-order valence-corrected chi connectivity index (χ1v) is 7.17. The number of fused-ring (bicyclic) bond motifs is 1. The standard InChI is InChI=1S/C17H13FN4O2/c18-12-8-11-4-3-7-20-16(11)13(9-12)17(24)21-10-15(23)22-14-5-1-2-6-19-14/h1-9H,10H2,(H,21,24)(H,19,22,23). The molecule has 6 nitrogen and oxygen atoms in total. The average molecular weight is 324 g/mol. The summed E-state index contributed by atoms with van der Waals surface area (Å²) in [5.41, 5.74) is 0.456. The number of carbonyl (C=O) groups is 2. The second-order valence-electron chi connectivity index (χ2n) is 4.97. The molecule has 0 spiro atoms. The Morgan fingerprint density at radius 2 is 1.88 bits per heavy atom. The minimum absolute atomic E-state index is 0.0798. The van der Waals surface area contributed by atoms with E-state index < -0.39 is 17.6 Å². The summed E-state index contributed by atoms with van der Waals surface area (Å²) in [7, 11) is 0. The van der Waals surface area contributed by atoms with Crippen LogP contribution in [-0.2, 0) is 4.79 Å². The molecule has 2 amide bonds. The molecule has 24 heavy (non-hydrogen) atoms. The summed E-state index contributed by atoms with van der Waals surface area (Å²) >= 11 is 0. The molecular formula is C17H13FN4O2. The first-order valence-electron chi connectivity index (χ1n) is 7.17. The van der Waals surface area contributed by atoms with Crippen LogP contribution in [0.25, 0.3) is 10.9 Å². The van der Waals surface area contributed by atoms with Gasteiger partial charge in [0.2, 0.25) is 5.91 Å². The van der Waals surface area contributed by atoms with Crippen molar-refractivity contribution in [2.24, 2.45) is 0 Å². The largest absolute Gasteiger partial charge is 0.343 e. The monoisotopic (exact) mass is 324 g/mol. The van der Waals surface area contributed by atoms with Gasteiger partial charge < -0.3 is 10.6 Å². The summed E-state index contributed by atoms with van der Waals surface area (Å²) in [6, 6.07) is 10.8. The Balaban J connectivity index is 1.70. The Morgan fingerprint density at radius 3 is 2.67 bits per heavy atom. The molecule has 1 aromatic carbocycles. The topological polar surface area (TPSA) is 84.0 Å². The van der Waals surface area contributed by atoms with Crippen molar-refractivity contribution in [1.29, 1.82) is 0 Å². The van der Waals surface area contributed by atoms with Gasteiger partial charge in [0.15, 0.2) is 0 Å². The zero-order chi connectivity index (χ0) is 16.9. The van der Waals surface area contributed by atoms with Gasteiger partial charge in [-0.1, -0.05) is 12.1 Å². The van der Waals surface area contributed by atoms with E-state index in [2.05, 4.69) is 20.6 Å². The van der Waals surface area contributed by atoms with Crippen LogP contribution in [0.4, 0.5) is 10.2 Å². The lowest BCUT2D eigenvalue weighted by atomic mass is 10.1. The molecule has 0 bridgehead atoms. The highest BCUT2D eigenvalue weighted by Crippen LogP contribution is 2.18. The van der Waals surface area contributed by atoms with Crippen molar-refractivity contribution in [2.75, 3.05) is 11.9 Å². The number of anilines is 1. The van der Waals surface area contributed by atoms with Crippen LogP contribution in [0.2, 0.25) is 0 Å². The van der Waals surface area contributed by atoms with Gasteiger partial charge in [0.1, 0.15) is 11.6 Å². The maximum atomic E-state index is 13.6. The van der Waals surface area contributed by atoms with E-state index in [-0.39, 0.29) is 12.1 Å². The molecule has 2 aromatic heterocycles. The smallest absolute Gasteiger partial charge is 0.254 e. The van der Waals surface area contributed by atoms with Crippen molar-refractivity contribution in [1.82, 2.24) is 15.3 Å². The van der Waals surface area contributed by atoms with Gasteiger partial charge in [-0.05, 0) is 30.3 Å². The number of aromatic nitrogens is 2. The van der Waals surface area contributed by atoms with Gasteiger partial charge >= 0.3 is 0 Å². The van der Waals surface area contributed by atoms with E-state index in [1.54, 1.807) is 36.5 Å². The molecule has 0 saturated carbocycles. The van der Waals surface area contributed by atoms with Crippen LogP contribution in [0.15, 0.2) is 54.9 Å². The third-order valence-electron chi connectivity index (χ3n) is 3.26. The predicted molar refractivity (Wildman–Crippen MR) is 86.9 cm³/mol. The fraction of sp³-hybridized carbons (Fsp3) is 0.0588. The van der Waals surface area contributed by atoms with Crippen LogP contribution in [-0.4, -0.2) is 28.3 Å². The molecule has 3 rings (SSSR count). The van der Waals surface area contributed by atoms with Gasteiger partial charge in [-0.2, -0.15) is 0 Å². The first-order chi connectivity index (χ1) is 11.6. The van der Waals surface area contributed by atoms with E-state index >= 15 is 0 Å². The Morgan fingerprint density at radius 1 is 1.04 bits per heavy atom. The van der Waals surface area contributed by atoms with Crippen molar-refractivity contribution < 1.29 is 14.0 Å². The number of amides is 2. The number of benzene rings is 1. The fourth-order valence-corrected chi connectivity index (χ4v) is 2.21. The Kier molecular flexibility index (Phi) is 4.42. The number of halogens is 1. The number of hydrogen-bond acceptors (Lipinski definition) is 4. The number of nitrogens with zero attached hydrogens (tertiary/aromatic N) is 2. The summed E-state index contributed by atoms with van der Waals surface area (Å²) in [4.78, 5) is 32.1. The Labute approximate surface area is 136 Å². The van der Waals surface area contributed by atoms with Crippen molar-refractivity contribution >= 4 is 28.5 Å². The Bertz CT molecular complexity index is 899. The second-order valence-corrected chi connectivity index (χ2v) is 4.97. The van der Waals surface area contributed by atoms with Gasteiger partial charge in [0.25, 0.3) is 5.91 Å². The molecule has 7 heteroatoms. The molecular weight excluding hydrogens is 311 g/mol. The van der Waals surface area contributed by atoms with E-state index in [4.69, 9.17) is 0 Å². The zero-order valence-corrected chi connectivity index (χ0v) is 12.5. The van der Waals surface area contributed by atoms with Crippen molar-refractivity contribution in [3.63, 3.8) is 0 Å². The molecule has 0 unspecified atom stereocenters. The highest BCUT2D eigenvalue weighted by Gasteiger charge is 2.14. The highest BCUT2D eigenvalue weighted by atomic mass is 19.1. The maximum Gasteiger partial charge on any atom is 0.254 e. The third kappa shape index (κ3) is 3.52. The minimum atomic E-state index is -0.575. The lowest BCUT2D eigenvalue weighted by Crippen LogP contribution is -2.33. The number of carbonyl (C=O) groups excluding carboxylic acids is 2. The summed E-state index contributed by atoms with van der Waals surface area (Å²) in [5, 5.41) is 5.51. The summed E-state index contributed by atoms with van der Waals surface area (Å²) in [6.07, 6.45) is 3.06. The van der Waals surface area contributed by atoms with Crippen molar-refractivity contribution in [3.05, 3.63) is 66.2 Å². The predicted octanol–water partition coefficient (Wildman–Crippen LogP) is 2.14. The maximum absolute atomic E-state index is 13.6. The van der Waals surface area contributed by atoms with E-state index in [0.717, 1.165) is 6.07 Å². The molecule has 2 N–H and O–H groups in total. The molecule has 0 aliphatic carbocycles. The average Bonchev–Trinajstić information content (AvgIpc) is 2.59. The summed E-state index contributed by atoms with van der Waals surface area (Å²) in [6.45, 7) is -0.264. The summed E-state index contributed by atoms with van der Waals surface area (Å²) in [5.74, 6) is -1.17. The number of nitrogens with one attached hydrogen (secondary N) is 2. The van der Waals surface area contributed by atoms with Crippen LogP contribution < -0.4 is 10.6 Å². The van der Waals surface area contributed by atoms with E-state index in [0.29, 0.717) is 16.7 Å². The molecule has 0 saturated heterocycles. The molecule has 0 fully saturated rings. The summed E-state index contributed by atoms with van der Waals surface area (Å²) < 4.78 is 13.6. The lowest BCUT2D eigenvalue weighted by molar-refractivity contribution is -0.115. The van der Waals surface area contributed by atoms with E-state index in [1.807, 2.05) is 0 Å². The molecule has 0 radical (unpaired) electrons. The molecule has 2 heterocycles. The Hall–Kier alpha value is -3.35. The molecule has 0 aliphatic rings. The zero-order valence-electron chi connectivity index (χ0n) is 12.5. The number of hydrogen-bond donors (Lipinski definition) is 2. The quantitative estimate of drug-likeness (QED) is 0.770. The van der Waals surface area contributed by atoms with Gasteiger partial charge in [-0.15, -0.1) is 0 Å². The van der Waals surface area contributed by atoms with Crippen LogP contribution in [0.5, 0.6) is 0 Å². The number of rotatable bonds is 4. The lowest BCUT2D eigenvalue weighted by Gasteiger charge is -2.08. The fourth-order valence-electron chi connectivity index (χ4n) is 2.21. The molecule has 0 atom stereocenters. The van der Waals surface area contributed by atoms with E-state index in [9.17, 15) is 14.0 Å². The SMILES string of the molecule is O=C(CNC(=O)c1cc(F)cc2cccnc12)Nc1ccccn1. The van der Waals surface area contributed by atoms with Crippen LogP contribution in [0.3, 0.4) is 0 Å². The van der Waals surface area contributed by atoms with Gasteiger partial charge in [0.05, 0.1) is 17.6 Å².